The summed E-state index contributed by atoms with van der Waals surface area (Å²) in [6, 6.07) is 5.45. The fourth-order valence-corrected chi connectivity index (χ4v) is 2.98. The van der Waals surface area contributed by atoms with Gasteiger partial charge in [-0.1, -0.05) is 32.1 Å². The molecule has 0 atom stereocenters. The molecule has 0 saturated heterocycles. The van der Waals surface area contributed by atoms with Crippen molar-refractivity contribution in [3.63, 3.8) is 0 Å². The van der Waals surface area contributed by atoms with Gasteiger partial charge in [-0.15, -0.1) is 0 Å². The van der Waals surface area contributed by atoms with Gasteiger partial charge in [0.25, 0.3) is 5.91 Å². The minimum absolute atomic E-state index is 0.101. The zero-order chi connectivity index (χ0) is 18.0. The molecule has 2 aromatic rings. The van der Waals surface area contributed by atoms with E-state index < -0.39 is 5.91 Å². The van der Waals surface area contributed by atoms with Crippen molar-refractivity contribution in [3.05, 3.63) is 46.3 Å². The number of nitrogens with zero attached hydrogens (tertiary/aromatic N) is 2. The number of imidazole rings is 1. The number of H-pyrrole nitrogens is 2. The van der Waals surface area contributed by atoms with Crippen LogP contribution in [0.4, 0.5) is 5.69 Å². The lowest BCUT2D eigenvalue weighted by molar-refractivity contribution is 0.101. The predicted molar refractivity (Wildman–Crippen MR) is 98.5 cm³/mol. The lowest BCUT2D eigenvalue weighted by Crippen LogP contribution is -2.17. The number of hydrogen-bond acceptors (Lipinski definition) is 4. The fourth-order valence-electron chi connectivity index (χ4n) is 2.81. The van der Waals surface area contributed by atoms with Crippen LogP contribution < -0.4 is 5.32 Å². The van der Waals surface area contributed by atoms with Crippen LogP contribution in [0.3, 0.4) is 0 Å². The Bertz CT molecular complexity index is 945. The summed E-state index contributed by atoms with van der Waals surface area (Å²) in [5, 5.41) is 11.7. The Balaban J connectivity index is 1.90. The third-order valence-electron chi connectivity index (χ3n) is 4.37. The van der Waals surface area contributed by atoms with Crippen LogP contribution in [0.2, 0.25) is 0 Å². The van der Waals surface area contributed by atoms with Crippen molar-refractivity contribution in [3.8, 4) is 6.07 Å². The monoisotopic (exact) mass is 353 g/mol. The van der Waals surface area contributed by atoms with Crippen molar-refractivity contribution in [2.45, 2.75) is 33.1 Å². The number of aromatic amines is 2. The van der Waals surface area contributed by atoms with Crippen molar-refractivity contribution in [1.29, 1.82) is 5.26 Å². The van der Waals surface area contributed by atoms with Crippen LogP contribution in [0, 0.1) is 21.4 Å². The van der Waals surface area contributed by atoms with E-state index in [-0.39, 0.29) is 11.5 Å². The number of nitrogens with one attached hydrogen (secondary N) is 3. The summed E-state index contributed by atoms with van der Waals surface area (Å²) in [6.07, 6.45) is 6.52. The van der Waals surface area contributed by atoms with Gasteiger partial charge < -0.3 is 15.3 Å². The molecule has 3 rings (SSSR count). The molecule has 128 valence electrons. The van der Waals surface area contributed by atoms with E-state index in [2.05, 4.69) is 40.2 Å². The molecule has 0 saturated carbocycles. The number of carbonyl (C=O) groups is 1. The average molecular weight is 353 g/mol. The van der Waals surface area contributed by atoms with Crippen LogP contribution in [0.5, 0.6) is 0 Å². The molecule has 7 heteroatoms. The van der Waals surface area contributed by atoms with Crippen LogP contribution in [0.25, 0.3) is 5.57 Å². The Morgan fingerprint density at radius 1 is 1.40 bits per heavy atom. The maximum atomic E-state index is 12.4. The molecule has 2 aromatic heterocycles. The van der Waals surface area contributed by atoms with Crippen LogP contribution in [0.15, 0.2) is 24.4 Å². The van der Waals surface area contributed by atoms with E-state index in [4.69, 9.17) is 17.5 Å². The summed E-state index contributed by atoms with van der Waals surface area (Å²) in [7, 11) is 0. The van der Waals surface area contributed by atoms with Crippen LogP contribution in [-0.2, 0) is 0 Å². The van der Waals surface area contributed by atoms with Gasteiger partial charge in [0.2, 0.25) is 0 Å². The van der Waals surface area contributed by atoms with Gasteiger partial charge in [0, 0.05) is 0 Å². The summed E-state index contributed by atoms with van der Waals surface area (Å²) < 4.78 is 0.614. The van der Waals surface area contributed by atoms with Gasteiger partial charge in [0.1, 0.15) is 16.4 Å². The standard InChI is InChI=1S/C18H19N5OS/c1-18(2)7-5-11(6-8-18)15-13(3-4-14(25)23-15)22-17(24)16-20-10-12(9-19)21-16/h3-5,10H,6-8H2,1-2H3,(H,20,21)(H,22,24)(H,23,25). The van der Waals surface area contributed by atoms with Gasteiger partial charge in [0.15, 0.2) is 5.82 Å². The molecule has 0 spiro atoms. The number of nitriles is 1. The summed E-state index contributed by atoms with van der Waals surface area (Å²) >= 11 is 5.25. The minimum atomic E-state index is -0.398. The highest BCUT2D eigenvalue weighted by Crippen LogP contribution is 2.39. The molecule has 0 aliphatic heterocycles. The number of anilines is 1. The van der Waals surface area contributed by atoms with Crippen molar-refractivity contribution in [2.24, 2.45) is 5.41 Å². The van der Waals surface area contributed by atoms with Crippen LogP contribution in [0.1, 0.15) is 55.1 Å². The Morgan fingerprint density at radius 3 is 2.84 bits per heavy atom. The Kier molecular flexibility index (Phi) is 4.55. The summed E-state index contributed by atoms with van der Waals surface area (Å²) in [4.78, 5) is 22.2. The molecule has 0 bridgehead atoms. The number of hydrogen-bond donors (Lipinski definition) is 3. The lowest BCUT2D eigenvalue weighted by atomic mass is 9.77. The molecular formula is C18H19N5OS. The van der Waals surface area contributed by atoms with Gasteiger partial charge >= 0.3 is 0 Å². The largest absolute Gasteiger partial charge is 0.345 e. The van der Waals surface area contributed by atoms with E-state index in [9.17, 15) is 4.79 Å². The van der Waals surface area contributed by atoms with Crippen molar-refractivity contribution in [1.82, 2.24) is 15.0 Å². The van der Waals surface area contributed by atoms with Gasteiger partial charge in [0.05, 0.1) is 17.6 Å². The molecule has 3 N–H and O–H groups in total. The fraction of sp³-hybridized carbons (Fsp3) is 0.333. The summed E-state index contributed by atoms with van der Waals surface area (Å²) in [5.41, 5.74) is 3.18. The molecular weight excluding hydrogens is 334 g/mol. The quantitative estimate of drug-likeness (QED) is 0.721. The molecule has 1 aliphatic carbocycles. The normalized spacial score (nSPS) is 16.0. The first-order valence-corrected chi connectivity index (χ1v) is 8.48. The smallest absolute Gasteiger partial charge is 0.291 e. The highest BCUT2D eigenvalue weighted by atomic mass is 32.1. The second kappa shape index (κ2) is 6.65. The molecule has 0 unspecified atom stereocenters. The predicted octanol–water partition coefficient (Wildman–Crippen LogP) is 4.18. The molecule has 25 heavy (non-hydrogen) atoms. The first-order chi connectivity index (χ1) is 11.9. The molecule has 2 heterocycles. The summed E-state index contributed by atoms with van der Waals surface area (Å²) in [5.74, 6) is -0.297. The third kappa shape index (κ3) is 3.86. The highest BCUT2D eigenvalue weighted by Gasteiger charge is 2.24. The number of allylic oxidation sites excluding steroid dienone is 2. The molecule has 0 fully saturated rings. The molecule has 0 radical (unpaired) electrons. The first kappa shape index (κ1) is 17.1. The van der Waals surface area contributed by atoms with Gasteiger partial charge in [-0.05, 0) is 42.4 Å². The number of aromatic nitrogens is 3. The van der Waals surface area contributed by atoms with Gasteiger partial charge in [-0.25, -0.2) is 4.98 Å². The van der Waals surface area contributed by atoms with Crippen LogP contribution in [-0.4, -0.2) is 20.9 Å². The zero-order valence-electron chi connectivity index (χ0n) is 14.1. The molecule has 6 nitrogen and oxygen atoms in total. The number of rotatable bonds is 3. The third-order valence-corrected chi connectivity index (χ3v) is 4.61. The Hall–Kier alpha value is -2.72. The van der Waals surface area contributed by atoms with E-state index in [1.807, 2.05) is 6.07 Å². The average Bonchev–Trinajstić information content (AvgIpc) is 3.06. The number of carbonyl (C=O) groups excluding carboxylic acids is 1. The Labute approximate surface area is 151 Å². The maximum Gasteiger partial charge on any atom is 0.291 e. The molecule has 0 aromatic carbocycles. The molecule has 1 amide bonds. The van der Waals surface area contributed by atoms with E-state index in [1.165, 1.54) is 6.20 Å². The number of amides is 1. The molecule has 1 aliphatic rings. The van der Waals surface area contributed by atoms with Crippen LogP contribution >= 0.6 is 12.2 Å². The van der Waals surface area contributed by atoms with Gasteiger partial charge in [-0.2, -0.15) is 5.26 Å². The van der Waals surface area contributed by atoms with E-state index in [1.54, 1.807) is 12.1 Å². The van der Waals surface area contributed by atoms with Gasteiger partial charge in [-0.3, -0.25) is 4.79 Å². The van der Waals surface area contributed by atoms with Crippen molar-refractivity contribution < 1.29 is 4.79 Å². The van der Waals surface area contributed by atoms with E-state index >= 15 is 0 Å². The SMILES string of the molecule is CC1(C)CC=C(c2[nH]c(=S)ccc2NC(=O)c2ncc(C#N)[nH]2)CC1. The zero-order valence-corrected chi connectivity index (χ0v) is 15.0. The maximum absolute atomic E-state index is 12.4. The number of pyridine rings is 1. The topological polar surface area (TPSA) is 97.4 Å². The van der Waals surface area contributed by atoms with E-state index in [0.29, 0.717) is 15.7 Å². The van der Waals surface area contributed by atoms with E-state index in [0.717, 1.165) is 30.5 Å². The van der Waals surface area contributed by atoms with Crippen molar-refractivity contribution >= 4 is 29.4 Å². The first-order valence-electron chi connectivity index (χ1n) is 8.07. The lowest BCUT2D eigenvalue weighted by Gasteiger charge is -2.29. The Morgan fingerprint density at radius 2 is 2.20 bits per heavy atom. The summed E-state index contributed by atoms with van der Waals surface area (Å²) in [6.45, 7) is 4.50. The minimum Gasteiger partial charge on any atom is -0.345 e. The second-order valence-electron chi connectivity index (χ2n) is 6.92. The highest BCUT2D eigenvalue weighted by molar-refractivity contribution is 7.71. The van der Waals surface area contributed by atoms with Crippen molar-refractivity contribution in [2.75, 3.05) is 5.32 Å². The second-order valence-corrected chi connectivity index (χ2v) is 7.36.